The lowest BCUT2D eigenvalue weighted by Gasteiger charge is -2.31. The highest BCUT2D eigenvalue weighted by atomic mass is 16.3. The number of nitrogens with one attached hydrogen (secondary N) is 2. The van der Waals surface area contributed by atoms with E-state index in [-0.39, 0.29) is 24.7 Å². The lowest BCUT2D eigenvalue weighted by Crippen LogP contribution is -2.48. The van der Waals surface area contributed by atoms with Crippen LogP contribution in [0.3, 0.4) is 0 Å². The molecule has 6 N–H and O–H groups in total. The zero-order valence-corrected chi connectivity index (χ0v) is 12.5. The Bertz CT molecular complexity index is 566. The fraction of sp³-hybridized carbons (Fsp3) is 0.692. The molecule has 0 aliphatic heterocycles. The van der Waals surface area contributed by atoms with E-state index >= 15 is 0 Å². The first-order valence-electron chi connectivity index (χ1n) is 7.07. The Morgan fingerprint density at radius 1 is 1.29 bits per heavy atom. The number of aliphatic hydroxyl groups excluding tert-OH is 2. The van der Waals surface area contributed by atoms with E-state index in [1.165, 1.54) is 4.57 Å². The highest BCUT2D eigenvalue weighted by Crippen LogP contribution is 2.19. The second-order valence-electron chi connectivity index (χ2n) is 5.10. The van der Waals surface area contributed by atoms with E-state index in [0.29, 0.717) is 13.0 Å². The fourth-order valence-corrected chi connectivity index (χ4v) is 1.95. The van der Waals surface area contributed by atoms with Gasteiger partial charge in [-0.1, -0.05) is 20.3 Å². The number of rotatable bonds is 8. The van der Waals surface area contributed by atoms with Crippen LogP contribution in [0.15, 0.2) is 9.59 Å². The van der Waals surface area contributed by atoms with Gasteiger partial charge in [-0.2, -0.15) is 0 Å². The molecule has 0 bridgehead atoms. The maximum atomic E-state index is 11.9. The largest absolute Gasteiger partial charge is 0.394 e. The number of unbranched alkanes of at least 4 members (excludes halogenated alkanes) is 1. The molecule has 0 spiro atoms. The number of nitrogen functional groups attached to an aromatic ring is 1. The average molecular weight is 300 g/mol. The molecule has 0 aliphatic rings. The minimum atomic E-state index is -1.06. The molecular formula is C13H24N4O4. The second kappa shape index (κ2) is 7.28. The molecule has 1 aromatic heterocycles. The zero-order valence-electron chi connectivity index (χ0n) is 12.5. The SMILES string of the molecule is CCCCn1c(N)c(NC(CC)(CO)CO)c(=O)[nH]c1=O. The first-order chi connectivity index (χ1) is 9.94. The normalized spacial score (nSPS) is 11.6. The van der Waals surface area contributed by atoms with E-state index in [4.69, 9.17) is 5.73 Å². The van der Waals surface area contributed by atoms with Crippen LogP contribution in [0.25, 0.3) is 0 Å². The van der Waals surface area contributed by atoms with Gasteiger partial charge in [0.1, 0.15) is 11.5 Å². The quantitative estimate of drug-likeness (QED) is 0.438. The van der Waals surface area contributed by atoms with Crippen molar-refractivity contribution in [2.45, 2.75) is 45.2 Å². The molecule has 8 nitrogen and oxygen atoms in total. The Hall–Kier alpha value is -1.80. The van der Waals surface area contributed by atoms with Crippen LogP contribution in [0.1, 0.15) is 33.1 Å². The van der Waals surface area contributed by atoms with Crippen LogP contribution >= 0.6 is 0 Å². The molecule has 0 saturated heterocycles. The molecule has 120 valence electrons. The minimum absolute atomic E-state index is 0.00402. The van der Waals surface area contributed by atoms with Gasteiger partial charge >= 0.3 is 5.69 Å². The highest BCUT2D eigenvalue weighted by molar-refractivity contribution is 5.61. The Balaban J connectivity index is 3.30. The molecule has 1 aromatic rings. The predicted molar refractivity (Wildman–Crippen MR) is 81.5 cm³/mol. The number of nitrogens with zero attached hydrogens (tertiary/aromatic N) is 1. The number of nitrogens with two attached hydrogens (primary N) is 1. The second-order valence-corrected chi connectivity index (χ2v) is 5.10. The Morgan fingerprint density at radius 2 is 1.90 bits per heavy atom. The summed E-state index contributed by atoms with van der Waals surface area (Å²) in [5.74, 6) is 0.0110. The van der Waals surface area contributed by atoms with Gasteiger partial charge in [-0.3, -0.25) is 14.3 Å². The smallest absolute Gasteiger partial charge is 0.330 e. The van der Waals surface area contributed by atoms with Gasteiger partial charge in [-0.05, 0) is 12.8 Å². The molecular weight excluding hydrogens is 276 g/mol. The van der Waals surface area contributed by atoms with E-state index < -0.39 is 16.8 Å². The third-order valence-electron chi connectivity index (χ3n) is 3.65. The molecule has 0 amide bonds. The van der Waals surface area contributed by atoms with Gasteiger partial charge in [0.25, 0.3) is 5.56 Å². The van der Waals surface area contributed by atoms with Gasteiger partial charge in [-0.25, -0.2) is 4.79 Å². The molecule has 0 fully saturated rings. The summed E-state index contributed by atoms with van der Waals surface area (Å²) in [5, 5.41) is 21.7. The van der Waals surface area contributed by atoms with Crippen molar-refractivity contribution in [3.05, 3.63) is 20.8 Å². The number of aromatic nitrogens is 2. The molecule has 0 radical (unpaired) electrons. The van der Waals surface area contributed by atoms with Gasteiger partial charge in [0.2, 0.25) is 0 Å². The maximum Gasteiger partial charge on any atom is 0.330 e. The van der Waals surface area contributed by atoms with Crippen LogP contribution < -0.4 is 22.3 Å². The summed E-state index contributed by atoms with van der Waals surface area (Å²) in [6.07, 6.45) is 2.00. The average Bonchev–Trinajstić information content (AvgIpc) is 2.48. The number of anilines is 2. The Morgan fingerprint density at radius 3 is 2.38 bits per heavy atom. The van der Waals surface area contributed by atoms with Gasteiger partial charge in [-0.15, -0.1) is 0 Å². The van der Waals surface area contributed by atoms with Crippen molar-refractivity contribution in [3.63, 3.8) is 0 Å². The lowest BCUT2D eigenvalue weighted by molar-refractivity contribution is 0.132. The van der Waals surface area contributed by atoms with Crippen molar-refractivity contribution >= 4 is 11.5 Å². The number of hydrogen-bond acceptors (Lipinski definition) is 6. The van der Waals surface area contributed by atoms with Crippen LogP contribution in [-0.4, -0.2) is 38.5 Å². The summed E-state index contributed by atoms with van der Waals surface area (Å²) >= 11 is 0. The first kappa shape index (κ1) is 17.3. The summed E-state index contributed by atoms with van der Waals surface area (Å²) in [7, 11) is 0. The summed E-state index contributed by atoms with van der Waals surface area (Å²) < 4.78 is 1.28. The van der Waals surface area contributed by atoms with Crippen molar-refractivity contribution in [1.29, 1.82) is 0 Å². The van der Waals surface area contributed by atoms with Crippen LogP contribution in [0.2, 0.25) is 0 Å². The summed E-state index contributed by atoms with van der Waals surface area (Å²) in [6, 6.07) is 0. The topological polar surface area (TPSA) is 133 Å². The monoisotopic (exact) mass is 300 g/mol. The van der Waals surface area contributed by atoms with Gasteiger partial charge in [0.15, 0.2) is 0 Å². The van der Waals surface area contributed by atoms with Crippen LogP contribution in [0, 0.1) is 0 Å². The molecule has 1 rings (SSSR count). The molecule has 0 atom stereocenters. The van der Waals surface area contributed by atoms with Gasteiger partial charge in [0.05, 0.1) is 18.8 Å². The standard InChI is InChI=1S/C13H24N4O4/c1-3-5-6-17-10(14)9(11(20)15-12(17)21)16-13(4-2,7-18)8-19/h16,18-19H,3-8,14H2,1-2H3,(H,15,20,21). The van der Waals surface area contributed by atoms with Crippen molar-refractivity contribution in [3.8, 4) is 0 Å². The third kappa shape index (κ3) is 3.64. The van der Waals surface area contributed by atoms with E-state index in [0.717, 1.165) is 12.8 Å². The highest BCUT2D eigenvalue weighted by Gasteiger charge is 2.29. The van der Waals surface area contributed by atoms with Crippen molar-refractivity contribution in [2.75, 3.05) is 24.3 Å². The number of H-pyrrole nitrogens is 1. The molecule has 0 saturated carbocycles. The third-order valence-corrected chi connectivity index (χ3v) is 3.65. The van der Waals surface area contributed by atoms with Crippen LogP contribution in [0.4, 0.5) is 11.5 Å². The number of aromatic amines is 1. The maximum absolute atomic E-state index is 11.9. The van der Waals surface area contributed by atoms with E-state index in [2.05, 4.69) is 10.3 Å². The molecule has 1 heterocycles. The lowest BCUT2D eigenvalue weighted by atomic mass is 9.98. The number of hydrogen-bond donors (Lipinski definition) is 5. The Labute approximate surface area is 122 Å². The summed E-state index contributed by atoms with van der Waals surface area (Å²) in [5.41, 5.74) is 3.62. The summed E-state index contributed by atoms with van der Waals surface area (Å²) in [6.45, 7) is 3.40. The summed E-state index contributed by atoms with van der Waals surface area (Å²) in [4.78, 5) is 25.9. The van der Waals surface area contributed by atoms with Crippen molar-refractivity contribution < 1.29 is 10.2 Å². The molecule has 0 unspecified atom stereocenters. The minimum Gasteiger partial charge on any atom is -0.394 e. The Kier molecular flexibility index (Phi) is 5.98. The van der Waals surface area contributed by atoms with E-state index in [1.807, 2.05) is 6.92 Å². The van der Waals surface area contributed by atoms with E-state index in [1.54, 1.807) is 6.92 Å². The predicted octanol–water partition coefficient (Wildman–Crippen LogP) is -0.536. The number of aliphatic hydroxyl groups is 2. The first-order valence-corrected chi connectivity index (χ1v) is 7.07. The molecule has 21 heavy (non-hydrogen) atoms. The van der Waals surface area contributed by atoms with E-state index in [9.17, 15) is 19.8 Å². The molecule has 0 aliphatic carbocycles. The molecule has 8 heteroatoms. The zero-order chi connectivity index (χ0) is 16.0. The fourth-order valence-electron chi connectivity index (χ4n) is 1.95. The van der Waals surface area contributed by atoms with Crippen molar-refractivity contribution in [1.82, 2.24) is 9.55 Å². The van der Waals surface area contributed by atoms with Crippen LogP contribution in [0.5, 0.6) is 0 Å². The van der Waals surface area contributed by atoms with Crippen LogP contribution in [-0.2, 0) is 6.54 Å². The van der Waals surface area contributed by atoms with Gasteiger partial charge < -0.3 is 21.3 Å². The van der Waals surface area contributed by atoms with Crippen molar-refractivity contribution in [2.24, 2.45) is 0 Å². The van der Waals surface area contributed by atoms with Gasteiger partial charge in [0, 0.05) is 6.54 Å². The molecule has 0 aromatic carbocycles.